The molecular weight excluding hydrogens is 811 g/mol. The fraction of sp³-hybridized carbons (Fsp3) is 0.947. The Morgan fingerprint density at radius 2 is 0.585 bits per heavy atom. The number of carboxylic acid groups (broad SMARTS) is 2. The summed E-state index contributed by atoms with van der Waals surface area (Å²) in [4.78, 5) is 33.1. The van der Waals surface area contributed by atoms with Crippen LogP contribution in [0.3, 0.4) is 0 Å². The van der Waals surface area contributed by atoms with Crippen LogP contribution in [0.15, 0.2) is 0 Å². The summed E-state index contributed by atoms with van der Waals surface area (Å²) < 4.78 is 0. The lowest BCUT2D eigenvalue weighted by Gasteiger charge is -2.13. The first-order valence-corrected chi connectivity index (χ1v) is 28.6. The molecule has 8 nitrogen and oxygen atoms in total. The third kappa shape index (κ3) is 58.4. The van der Waals surface area contributed by atoms with Gasteiger partial charge in [-0.05, 0) is 50.4 Å². The standard InChI is InChI=1S/2C20H42O.C17H31NO5/c2*1-3-5-7-9-11-12-14-16-18-20(19-21)17-15-13-10-8-6-4-2;1-2-3-4-5-6-7-8-9-10-11-15(19)18-14(17(22)23)12-13-16(20)21/h2*20-21H,3-19H2,1-2H3;14H,2-13H2,1H3,(H,18,19)(H,20,21)(H,22,23)/t;;14-/m..0/s1. The Kier molecular flexibility index (Phi) is 60.8. The van der Waals surface area contributed by atoms with Crippen LogP contribution in [-0.2, 0) is 14.4 Å². The molecule has 0 heterocycles. The predicted molar refractivity (Wildman–Crippen MR) is 280 cm³/mol. The Bertz CT molecular complexity index is 906. The lowest BCUT2D eigenvalue weighted by Crippen LogP contribution is -2.41. The first kappa shape index (κ1) is 67.6. The lowest BCUT2D eigenvalue weighted by molar-refractivity contribution is -0.143. The van der Waals surface area contributed by atoms with Gasteiger partial charge in [0.2, 0.25) is 5.91 Å². The molecule has 0 fully saturated rings. The molecule has 5 N–H and O–H groups in total. The molecule has 0 aliphatic rings. The van der Waals surface area contributed by atoms with Gasteiger partial charge in [-0.15, -0.1) is 0 Å². The van der Waals surface area contributed by atoms with Crippen LogP contribution < -0.4 is 5.32 Å². The Labute approximate surface area is 404 Å². The van der Waals surface area contributed by atoms with E-state index in [0.717, 1.165) is 19.3 Å². The Morgan fingerprint density at radius 1 is 0.338 bits per heavy atom. The van der Waals surface area contributed by atoms with Crippen molar-refractivity contribution in [3.63, 3.8) is 0 Å². The quantitative estimate of drug-likeness (QED) is 0.0382. The van der Waals surface area contributed by atoms with E-state index in [1.807, 2.05) is 0 Å². The second kappa shape index (κ2) is 58.5. The van der Waals surface area contributed by atoms with Crippen molar-refractivity contribution in [1.29, 1.82) is 0 Å². The topological polar surface area (TPSA) is 144 Å². The molecule has 0 aliphatic heterocycles. The normalized spacial score (nSPS) is 12.4. The second-order valence-corrected chi connectivity index (χ2v) is 19.7. The zero-order valence-electron chi connectivity index (χ0n) is 44.3. The highest BCUT2D eigenvalue weighted by atomic mass is 16.4. The number of carboxylic acids is 2. The van der Waals surface area contributed by atoms with E-state index in [1.54, 1.807) is 0 Å². The highest BCUT2D eigenvalue weighted by Gasteiger charge is 2.20. The largest absolute Gasteiger partial charge is 0.481 e. The van der Waals surface area contributed by atoms with Crippen LogP contribution in [0.4, 0.5) is 0 Å². The van der Waals surface area contributed by atoms with Gasteiger partial charge in [0.05, 0.1) is 0 Å². The van der Waals surface area contributed by atoms with Gasteiger partial charge in [-0.1, -0.05) is 266 Å². The first-order chi connectivity index (χ1) is 31.7. The zero-order chi connectivity index (χ0) is 48.7. The van der Waals surface area contributed by atoms with Crippen LogP contribution in [0.5, 0.6) is 0 Å². The number of aliphatic carboxylic acids is 2. The molecule has 0 aromatic rings. The average molecular weight is 927 g/mol. The zero-order valence-corrected chi connectivity index (χ0v) is 44.3. The molecule has 65 heavy (non-hydrogen) atoms. The van der Waals surface area contributed by atoms with Gasteiger partial charge >= 0.3 is 11.9 Å². The minimum atomic E-state index is -1.19. The Balaban J connectivity index is -0.000000888. The minimum Gasteiger partial charge on any atom is -0.481 e. The van der Waals surface area contributed by atoms with Gasteiger partial charge in [0.15, 0.2) is 0 Å². The molecule has 0 radical (unpaired) electrons. The van der Waals surface area contributed by atoms with E-state index in [0.29, 0.717) is 31.5 Å². The summed E-state index contributed by atoms with van der Waals surface area (Å²) in [6.07, 6.45) is 54.0. The third-order valence-electron chi connectivity index (χ3n) is 13.2. The number of hydrogen-bond acceptors (Lipinski definition) is 5. The van der Waals surface area contributed by atoms with Crippen molar-refractivity contribution >= 4 is 17.8 Å². The van der Waals surface area contributed by atoms with Crippen molar-refractivity contribution < 1.29 is 34.8 Å². The lowest BCUT2D eigenvalue weighted by atomic mass is 9.95. The summed E-state index contributed by atoms with van der Waals surface area (Å²) in [5.74, 6) is -1.41. The van der Waals surface area contributed by atoms with E-state index in [2.05, 4.69) is 39.9 Å². The molecule has 0 aromatic heterocycles. The van der Waals surface area contributed by atoms with Crippen molar-refractivity contribution in [3.8, 4) is 0 Å². The van der Waals surface area contributed by atoms with Crippen molar-refractivity contribution in [1.82, 2.24) is 5.32 Å². The number of carbonyl (C=O) groups is 3. The van der Waals surface area contributed by atoms with Gasteiger partial charge in [-0.25, -0.2) is 4.79 Å². The molecule has 0 spiro atoms. The summed E-state index contributed by atoms with van der Waals surface area (Å²) >= 11 is 0. The van der Waals surface area contributed by atoms with Gasteiger partial charge in [0.25, 0.3) is 0 Å². The van der Waals surface area contributed by atoms with E-state index in [1.165, 1.54) is 244 Å². The van der Waals surface area contributed by atoms with Gasteiger partial charge in [0.1, 0.15) is 6.04 Å². The van der Waals surface area contributed by atoms with Crippen LogP contribution >= 0.6 is 0 Å². The molecule has 0 bridgehead atoms. The molecule has 8 heteroatoms. The maximum Gasteiger partial charge on any atom is 0.326 e. The first-order valence-electron chi connectivity index (χ1n) is 28.6. The van der Waals surface area contributed by atoms with Crippen molar-refractivity contribution in [2.75, 3.05) is 13.2 Å². The summed E-state index contributed by atoms with van der Waals surface area (Å²) in [7, 11) is 0. The minimum absolute atomic E-state index is 0.0891. The SMILES string of the molecule is CCCCCCCCCCC(CO)CCCCCCCC.CCCCCCCCCCC(CO)CCCCCCCC.CCCCCCCCCCCC(=O)N[C@@H](CCC(=O)O)C(=O)O. The number of amides is 1. The van der Waals surface area contributed by atoms with Gasteiger partial charge in [-0.2, -0.15) is 0 Å². The molecule has 0 saturated heterocycles. The molecule has 0 aromatic carbocycles. The predicted octanol–water partition coefficient (Wildman–Crippen LogP) is 17.1. The molecule has 0 saturated carbocycles. The number of nitrogens with one attached hydrogen (secondary N) is 1. The van der Waals surface area contributed by atoms with E-state index < -0.39 is 18.0 Å². The third-order valence-corrected chi connectivity index (χ3v) is 13.2. The van der Waals surface area contributed by atoms with Crippen LogP contribution in [0.25, 0.3) is 0 Å². The highest BCUT2D eigenvalue weighted by molar-refractivity contribution is 5.83. The highest BCUT2D eigenvalue weighted by Crippen LogP contribution is 2.21. The van der Waals surface area contributed by atoms with Crippen molar-refractivity contribution in [2.45, 2.75) is 323 Å². The summed E-state index contributed by atoms with van der Waals surface area (Å²) in [6, 6.07) is -1.11. The fourth-order valence-electron chi connectivity index (χ4n) is 8.60. The van der Waals surface area contributed by atoms with Gasteiger partial charge in [-0.3, -0.25) is 9.59 Å². The Morgan fingerprint density at radius 3 is 0.815 bits per heavy atom. The van der Waals surface area contributed by atoms with Crippen LogP contribution in [0, 0.1) is 11.8 Å². The molecule has 3 atom stereocenters. The van der Waals surface area contributed by atoms with E-state index >= 15 is 0 Å². The summed E-state index contributed by atoms with van der Waals surface area (Å²) in [5, 5.41) is 38.9. The number of aliphatic hydroxyl groups is 2. The maximum absolute atomic E-state index is 11.7. The Hall–Kier alpha value is -1.67. The molecular formula is C57H115NO7. The van der Waals surface area contributed by atoms with Crippen molar-refractivity contribution in [3.05, 3.63) is 0 Å². The second-order valence-electron chi connectivity index (χ2n) is 19.7. The summed E-state index contributed by atoms with van der Waals surface area (Å²) in [6.45, 7) is 12.1. The van der Waals surface area contributed by atoms with Crippen LogP contribution in [0.1, 0.15) is 317 Å². The number of aliphatic hydroxyl groups excluding tert-OH is 2. The molecule has 0 aliphatic carbocycles. The fourth-order valence-corrected chi connectivity index (χ4v) is 8.60. The number of carbonyl (C=O) groups excluding carboxylic acids is 1. The van der Waals surface area contributed by atoms with Gasteiger partial charge < -0.3 is 25.7 Å². The van der Waals surface area contributed by atoms with Crippen molar-refractivity contribution in [2.24, 2.45) is 11.8 Å². The van der Waals surface area contributed by atoms with E-state index in [-0.39, 0.29) is 18.7 Å². The monoisotopic (exact) mass is 926 g/mol. The van der Waals surface area contributed by atoms with E-state index in [9.17, 15) is 24.6 Å². The van der Waals surface area contributed by atoms with Gasteiger partial charge in [0, 0.05) is 26.1 Å². The molecule has 390 valence electrons. The van der Waals surface area contributed by atoms with Crippen LogP contribution in [0.2, 0.25) is 0 Å². The number of rotatable bonds is 49. The number of hydrogen-bond donors (Lipinski definition) is 5. The molecule has 1 amide bonds. The average Bonchev–Trinajstić information content (AvgIpc) is 3.30. The summed E-state index contributed by atoms with van der Waals surface area (Å²) in [5.41, 5.74) is 0. The number of unbranched alkanes of at least 4 members (excludes halogenated alkanes) is 32. The molecule has 0 rings (SSSR count). The smallest absolute Gasteiger partial charge is 0.326 e. The van der Waals surface area contributed by atoms with E-state index in [4.69, 9.17) is 10.2 Å². The molecule has 2 unspecified atom stereocenters. The van der Waals surface area contributed by atoms with Crippen LogP contribution in [-0.4, -0.2) is 57.5 Å². The maximum atomic E-state index is 11.7.